The van der Waals surface area contributed by atoms with E-state index in [1.807, 2.05) is 6.07 Å². The van der Waals surface area contributed by atoms with Gasteiger partial charge in [0.25, 0.3) is 0 Å². The number of nitrogens with one attached hydrogen (secondary N) is 1. The molecule has 0 amide bonds. The van der Waals surface area contributed by atoms with Gasteiger partial charge in [0.05, 0.1) is 0 Å². The molecule has 2 rings (SSSR count). The van der Waals surface area contributed by atoms with Crippen LogP contribution in [0.25, 0.3) is 5.70 Å². The highest BCUT2D eigenvalue weighted by molar-refractivity contribution is 5.61. The molecule has 1 saturated heterocycles. The van der Waals surface area contributed by atoms with Crippen LogP contribution in [0, 0.1) is 5.92 Å². The van der Waals surface area contributed by atoms with Crippen LogP contribution in [-0.2, 0) is 0 Å². The average molecular weight is 270 g/mol. The maximum Gasteiger partial charge on any atom is 0.0340 e. The molecule has 1 aliphatic rings. The first kappa shape index (κ1) is 14.7. The number of allylic oxidation sites excluding steroid dienone is 1. The summed E-state index contributed by atoms with van der Waals surface area (Å²) in [5.74, 6) is 0.747. The fourth-order valence-corrected chi connectivity index (χ4v) is 2.69. The zero-order valence-corrected chi connectivity index (χ0v) is 12.6. The molecule has 1 aromatic carbocycles. The largest absolute Gasteiger partial charge is 0.385 e. The molecule has 2 nitrogen and oxygen atoms in total. The number of piperidine rings is 1. The number of benzene rings is 1. The Morgan fingerprint density at radius 2 is 1.85 bits per heavy atom. The second-order valence-corrected chi connectivity index (χ2v) is 5.58. The third-order valence-corrected chi connectivity index (χ3v) is 4.20. The molecule has 1 heterocycles. The van der Waals surface area contributed by atoms with Gasteiger partial charge in [0.15, 0.2) is 0 Å². The Bertz CT molecular complexity index is 442. The van der Waals surface area contributed by atoms with Crippen molar-refractivity contribution < 1.29 is 0 Å². The van der Waals surface area contributed by atoms with Crippen molar-refractivity contribution in [3.8, 4) is 0 Å². The molecule has 1 N–H and O–H groups in total. The highest BCUT2D eigenvalue weighted by Gasteiger charge is 2.19. The highest BCUT2D eigenvalue weighted by Crippen LogP contribution is 2.21. The quantitative estimate of drug-likeness (QED) is 0.844. The van der Waals surface area contributed by atoms with Crippen LogP contribution < -0.4 is 5.32 Å². The predicted molar refractivity (Wildman–Crippen MR) is 87.2 cm³/mol. The normalized spacial score (nSPS) is 15.9. The molecular weight excluding hydrogens is 244 g/mol. The summed E-state index contributed by atoms with van der Waals surface area (Å²) in [6.45, 7) is 13.8. The molecule has 0 unspecified atom stereocenters. The fraction of sp³-hybridized carbons (Fsp3) is 0.444. The van der Waals surface area contributed by atoms with Gasteiger partial charge in [0, 0.05) is 31.0 Å². The minimum atomic E-state index is 0.747. The third kappa shape index (κ3) is 3.89. The highest BCUT2D eigenvalue weighted by atomic mass is 15.1. The zero-order chi connectivity index (χ0) is 14.4. The number of likely N-dealkylation sites (tertiary alicyclic amines) is 1. The van der Waals surface area contributed by atoms with Gasteiger partial charge in [-0.1, -0.05) is 50.4 Å². The summed E-state index contributed by atoms with van der Waals surface area (Å²) in [7, 11) is 0. The maximum atomic E-state index is 4.13. The van der Waals surface area contributed by atoms with Crippen molar-refractivity contribution in [3.05, 3.63) is 54.8 Å². The third-order valence-electron chi connectivity index (χ3n) is 4.20. The predicted octanol–water partition coefficient (Wildman–Crippen LogP) is 3.88. The summed E-state index contributed by atoms with van der Waals surface area (Å²) in [5.41, 5.74) is 3.50. The minimum absolute atomic E-state index is 0.747. The number of rotatable bonds is 6. The summed E-state index contributed by atoms with van der Waals surface area (Å²) in [6.07, 6.45) is 3.55. The SMILES string of the molecule is C=C(NCC1CCN(C(=C)CC)CC1)c1ccccc1. The Morgan fingerprint density at radius 3 is 2.45 bits per heavy atom. The van der Waals surface area contributed by atoms with Crippen molar-refractivity contribution in [1.82, 2.24) is 10.2 Å². The van der Waals surface area contributed by atoms with E-state index in [1.165, 1.54) is 24.1 Å². The lowest BCUT2D eigenvalue weighted by molar-refractivity contribution is 0.223. The average Bonchev–Trinajstić information content (AvgIpc) is 2.53. The molecule has 0 aromatic heterocycles. The summed E-state index contributed by atoms with van der Waals surface area (Å²) in [4.78, 5) is 2.43. The van der Waals surface area contributed by atoms with Gasteiger partial charge in [-0.3, -0.25) is 0 Å². The van der Waals surface area contributed by atoms with Gasteiger partial charge in [-0.25, -0.2) is 0 Å². The second-order valence-electron chi connectivity index (χ2n) is 5.58. The van der Waals surface area contributed by atoms with E-state index in [-0.39, 0.29) is 0 Å². The van der Waals surface area contributed by atoms with Gasteiger partial charge in [0.1, 0.15) is 0 Å². The van der Waals surface area contributed by atoms with Gasteiger partial charge in [-0.2, -0.15) is 0 Å². The number of nitrogens with zero attached hydrogens (tertiary/aromatic N) is 1. The van der Waals surface area contributed by atoms with Crippen molar-refractivity contribution in [2.75, 3.05) is 19.6 Å². The second kappa shape index (κ2) is 7.18. The van der Waals surface area contributed by atoms with Crippen LogP contribution in [0.4, 0.5) is 0 Å². The molecule has 0 saturated carbocycles. The smallest absolute Gasteiger partial charge is 0.0340 e. The summed E-state index contributed by atoms with van der Waals surface area (Å²) < 4.78 is 0. The van der Waals surface area contributed by atoms with E-state index in [0.29, 0.717) is 0 Å². The summed E-state index contributed by atoms with van der Waals surface area (Å²) >= 11 is 0. The van der Waals surface area contributed by atoms with Crippen LogP contribution in [0.5, 0.6) is 0 Å². The van der Waals surface area contributed by atoms with Crippen LogP contribution in [-0.4, -0.2) is 24.5 Å². The molecule has 1 aliphatic heterocycles. The van der Waals surface area contributed by atoms with Crippen molar-refractivity contribution in [2.45, 2.75) is 26.2 Å². The molecule has 20 heavy (non-hydrogen) atoms. The number of hydrogen-bond acceptors (Lipinski definition) is 2. The molecule has 0 radical (unpaired) electrons. The lowest BCUT2D eigenvalue weighted by Gasteiger charge is -2.34. The summed E-state index contributed by atoms with van der Waals surface area (Å²) in [6, 6.07) is 10.3. The number of hydrogen-bond donors (Lipinski definition) is 1. The standard InChI is InChI=1S/C18H26N2/c1-4-15(2)20-12-10-17(11-13-20)14-19-16(3)18-8-6-5-7-9-18/h5-9,17,19H,2-4,10-14H2,1H3. The van der Waals surface area contributed by atoms with Crippen molar-refractivity contribution >= 4 is 5.70 Å². The first-order valence-corrected chi connectivity index (χ1v) is 7.61. The van der Waals surface area contributed by atoms with Gasteiger partial charge in [-0.05, 0) is 30.7 Å². The Morgan fingerprint density at radius 1 is 1.20 bits per heavy atom. The molecule has 1 fully saturated rings. The van der Waals surface area contributed by atoms with E-state index in [9.17, 15) is 0 Å². The van der Waals surface area contributed by atoms with E-state index in [2.05, 4.69) is 54.6 Å². The van der Waals surface area contributed by atoms with Crippen molar-refractivity contribution in [1.29, 1.82) is 0 Å². The first-order valence-electron chi connectivity index (χ1n) is 7.61. The summed E-state index contributed by atoms with van der Waals surface area (Å²) in [5, 5.41) is 3.49. The van der Waals surface area contributed by atoms with Crippen molar-refractivity contribution in [3.63, 3.8) is 0 Å². The van der Waals surface area contributed by atoms with E-state index < -0.39 is 0 Å². The molecule has 0 spiro atoms. The molecule has 1 aromatic rings. The molecule has 2 heteroatoms. The van der Waals surface area contributed by atoms with Gasteiger partial charge in [0.2, 0.25) is 0 Å². The van der Waals surface area contributed by atoms with Crippen molar-refractivity contribution in [2.24, 2.45) is 5.92 Å². The lowest BCUT2D eigenvalue weighted by Crippen LogP contribution is -2.36. The van der Waals surface area contributed by atoms with Gasteiger partial charge in [-0.15, -0.1) is 0 Å². The molecule has 108 valence electrons. The monoisotopic (exact) mass is 270 g/mol. The van der Waals surface area contributed by atoms with Crippen LogP contribution >= 0.6 is 0 Å². The lowest BCUT2D eigenvalue weighted by atomic mass is 9.96. The fourth-order valence-electron chi connectivity index (χ4n) is 2.69. The van der Waals surface area contributed by atoms with Crippen LogP contribution in [0.1, 0.15) is 31.7 Å². The molecular formula is C18H26N2. The molecule has 0 bridgehead atoms. The van der Waals surface area contributed by atoms with E-state index in [1.54, 1.807) is 0 Å². The van der Waals surface area contributed by atoms with Crippen LogP contribution in [0.15, 0.2) is 49.2 Å². The van der Waals surface area contributed by atoms with Gasteiger partial charge >= 0.3 is 0 Å². The topological polar surface area (TPSA) is 15.3 Å². The zero-order valence-electron chi connectivity index (χ0n) is 12.6. The Hall–Kier alpha value is -1.70. The van der Waals surface area contributed by atoms with E-state index >= 15 is 0 Å². The Kier molecular flexibility index (Phi) is 5.28. The minimum Gasteiger partial charge on any atom is -0.385 e. The molecule has 0 atom stereocenters. The molecule has 0 aliphatic carbocycles. The van der Waals surface area contributed by atoms with Gasteiger partial charge < -0.3 is 10.2 Å². The Labute approximate surface area is 123 Å². The van der Waals surface area contributed by atoms with Crippen LogP contribution in [0.2, 0.25) is 0 Å². The van der Waals surface area contributed by atoms with E-state index in [0.717, 1.165) is 37.7 Å². The van der Waals surface area contributed by atoms with E-state index in [4.69, 9.17) is 0 Å². The first-order chi connectivity index (χ1) is 9.70. The van der Waals surface area contributed by atoms with Crippen LogP contribution in [0.3, 0.4) is 0 Å². The Balaban J connectivity index is 1.74. The maximum absolute atomic E-state index is 4.13.